The van der Waals surface area contributed by atoms with E-state index in [1.165, 1.54) is 20.2 Å². The molecule has 1 saturated heterocycles. The summed E-state index contributed by atoms with van der Waals surface area (Å²) >= 11 is 0. The van der Waals surface area contributed by atoms with E-state index in [0.29, 0.717) is 12.3 Å². The van der Waals surface area contributed by atoms with Gasteiger partial charge in [0.1, 0.15) is 5.76 Å². The molecule has 0 saturated carbocycles. The highest BCUT2D eigenvalue weighted by atomic mass is 32.2. The van der Waals surface area contributed by atoms with Gasteiger partial charge in [0.15, 0.2) is 0 Å². The van der Waals surface area contributed by atoms with Crippen LogP contribution >= 0.6 is 0 Å². The third-order valence-corrected chi connectivity index (χ3v) is 5.61. The number of nitrogens with one attached hydrogen (secondary N) is 1. The Morgan fingerprint density at radius 1 is 1.45 bits per heavy atom. The standard InChI is InChI=1S/C13H22N2O4S/c1-10-13(2,7-8-18-10)14-9-11-5-6-12(19-11)20(16,17)15(3)4/h5-6,10,14H,7-9H2,1-4H3. The summed E-state index contributed by atoms with van der Waals surface area (Å²) in [5, 5.41) is 3.36. The zero-order chi connectivity index (χ0) is 15.0. The third kappa shape index (κ3) is 2.90. The van der Waals surface area contributed by atoms with Crippen molar-refractivity contribution in [3.63, 3.8) is 0 Å². The van der Waals surface area contributed by atoms with E-state index in [9.17, 15) is 8.42 Å². The van der Waals surface area contributed by atoms with Crippen molar-refractivity contribution in [1.29, 1.82) is 0 Å². The van der Waals surface area contributed by atoms with Gasteiger partial charge in [-0.3, -0.25) is 0 Å². The molecule has 1 aliphatic heterocycles. The van der Waals surface area contributed by atoms with Crippen molar-refractivity contribution in [2.75, 3.05) is 20.7 Å². The van der Waals surface area contributed by atoms with Crippen LogP contribution in [0.2, 0.25) is 0 Å². The molecule has 0 bridgehead atoms. The minimum atomic E-state index is -3.51. The van der Waals surface area contributed by atoms with Gasteiger partial charge in [-0.2, -0.15) is 0 Å². The van der Waals surface area contributed by atoms with Gasteiger partial charge in [0, 0.05) is 26.2 Å². The Morgan fingerprint density at radius 2 is 2.15 bits per heavy atom. The number of sulfonamides is 1. The van der Waals surface area contributed by atoms with Crippen LogP contribution in [0.25, 0.3) is 0 Å². The maximum Gasteiger partial charge on any atom is 0.275 e. The lowest BCUT2D eigenvalue weighted by Gasteiger charge is -2.28. The van der Waals surface area contributed by atoms with Crippen LogP contribution in [0.4, 0.5) is 0 Å². The number of nitrogens with zero attached hydrogens (tertiary/aromatic N) is 1. The maximum atomic E-state index is 11.9. The van der Waals surface area contributed by atoms with E-state index in [1.807, 2.05) is 6.92 Å². The van der Waals surface area contributed by atoms with Crippen LogP contribution < -0.4 is 5.32 Å². The van der Waals surface area contributed by atoms with Crippen LogP contribution in [0.3, 0.4) is 0 Å². The fourth-order valence-electron chi connectivity index (χ4n) is 2.13. The zero-order valence-electron chi connectivity index (χ0n) is 12.3. The Balaban J connectivity index is 2.04. The molecule has 0 aromatic carbocycles. The minimum Gasteiger partial charge on any atom is -0.447 e. The second-order valence-electron chi connectivity index (χ2n) is 5.54. The van der Waals surface area contributed by atoms with Gasteiger partial charge in [-0.1, -0.05) is 0 Å². The molecule has 1 aromatic rings. The van der Waals surface area contributed by atoms with Crippen molar-refractivity contribution >= 4 is 10.0 Å². The molecule has 1 N–H and O–H groups in total. The molecule has 0 spiro atoms. The number of furan rings is 1. The first kappa shape index (κ1) is 15.5. The number of ether oxygens (including phenoxy) is 1. The van der Waals surface area contributed by atoms with Crippen molar-refractivity contribution in [2.24, 2.45) is 0 Å². The molecule has 0 amide bonds. The molecule has 0 radical (unpaired) electrons. The Labute approximate surface area is 120 Å². The van der Waals surface area contributed by atoms with Gasteiger partial charge in [0.05, 0.1) is 12.6 Å². The third-order valence-electron chi connectivity index (χ3n) is 3.92. The first-order chi connectivity index (χ1) is 9.25. The summed E-state index contributed by atoms with van der Waals surface area (Å²) in [6.45, 7) is 5.35. The molecule has 6 nitrogen and oxygen atoms in total. The van der Waals surface area contributed by atoms with Crippen molar-refractivity contribution in [1.82, 2.24) is 9.62 Å². The smallest absolute Gasteiger partial charge is 0.275 e. The van der Waals surface area contributed by atoms with E-state index in [0.717, 1.165) is 17.3 Å². The summed E-state index contributed by atoms with van der Waals surface area (Å²) in [7, 11) is -0.544. The lowest BCUT2D eigenvalue weighted by molar-refractivity contribution is 0.0873. The highest BCUT2D eigenvalue weighted by molar-refractivity contribution is 7.88. The maximum absolute atomic E-state index is 11.9. The highest BCUT2D eigenvalue weighted by Gasteiger charge is 2.36. The fourth-order valence-corrected chi connectivity index (χ4v) is 2.94. The molecule has 2 heterocycles. The molecule has 0 aliphatic carbocycles. The van der Waals surface area contributed by atoms with E-state index < -0.39 is 10.0 Å². The van der Waals surface area contributed by atoms with Crippen LogP contribution in [0.15, 0.2) is 21.6 Å². The van der Waals surface area contributed by atoms with Gasteiger partial charge >= 0.3 is 0 Å². The van der Waals surface area contributed by atoms with Gasteiger partial charge in [0.2, 0.25) is 5.09 Å². The first-order valence-electron chi connectivity index (χ1n) is 6.63. The zero-order valence-corrected chi connectivity index (χ0v) is 13.2. The van der Waals surface area contributed by atoms with Gasteiger partial charge in [-0.05, 0) is 32.4 Å². The quantitative estimate of drug-likeness (QED) is 0.884. The summed E-state index contributed by atoms with van der Waals surface area (Å²) in [5.74, 6) is 0.603. The van der Waals surface area contributed by atoms with E-state index in [1.54, 1.807) is 6.07 Å². The summed E-state index contributed by atoms with van der Waals surface area (Å²) in [6.07, 6.45) is 1.06. The van der Waals surface area contributed by atoms with E-state index in [4.69, 9.17) is 9.15 Å². The van der Waals surface area contributed by atoms with Crippen molar-refractivity contribution in [3.05, 3.63) is 17.9 Å². The number of hydrogen-bond donors (Lipinski definition) is 1. The topological polar surface area (TPSA) is 71.8 Å². The summed E-state index contributed by atoms with van der Waals surface area (Å²) in [4.78, 5) is 0. The van der Waals surface area contributed by atoms with E-state index in [2.05, 4.69) is 12.2 Å². The highest BCUT2D eigenvalue weighted by Crippen LogP contribution is 2.26. The summed E-state index contributed by atoms with van der Waals surface area (Å²) in [5.41, 5.74) is -0.104. The predicted octanol–water partition coefficient (Wildman–Crippen LogP) is 1.19. The van der Waals surface area contributed by atoms with Gasteiger partial charge in [0.25, 0.3) is 10.0 Å². The normalized spacial score (nSPS) is 27.4. The molecular formula is C13H22N2O4S. The first-order valence-corrected chi connectivity index (χ1v) is 8.07. The fraction of sp³-hybridized carbons (Fsp3) is 0.692. The van der Waals surface area contributed by atoms with E-state index in [-0.39, 0.29) is 16.7 Å². The van der Waals surface area contributed by atoms with Crippen LogP contribution in [0.5, 0.6) is 0 Å². The second-order valence-corrected chi connectivity index (χ2v) is 7.63. The van der Waals surface area contributed by atoms with Gasteiger partial charge in [-0.25, -0.2) is 12.7 Å². The SMILES string of the molecule is CC1OCCC1(C)NCc1ccc(S(=O)(=O)N(C)C)o1. The minimum absolute atomic E-state index is 0.0276. The molecular weight excluding hydrogens is 280 g/mol. The molecule has 2 rings (SSSR count). The van der Waals surface area contributed by atoms with Gasteiger partial charge in [-0.15, -0.1) is 0 Å². The number of rotatable bonds is 5. The van der Waals surface area contributed by atoms with Crippen molar-refractivity contribution in [2.45, 2.75) is 43.5 Å². The molecule has 2 unspecified atom stereocenters. The molecule has 1 fully saturated rings. The monoisotopic (exact) mass is 302 g/mol. The number of hydrogen-bond acceptors (Lipinski definition) is 5. The van der Waals surface area contributed by atoms with Crippen LogP contribution in [-0.2, 0) is 21.3 Å². The molecule has 20 heavy (non-hydrogen) atoms. The molecule has 2 atom stereocenters. The average Bonchev–Trinajstić information content (AvgIpc) is 2.96. The van der Waals surface area contributed by atoms with Crippen LogP contribution in [0, 0.1) is 0 Å². The average molecular weight is 302 g/mol. The molecule has 1 aliphatic rings. The summed E-state index contributed by atoms with van der Waals surface area (Å²) < 4.78 is 35.9. The Hall–Kier alpha value is -0.890. The van der Waals surface area contributed by atoms with Crippen LogP contribution in [-0.4, -0.2) is 45.1 Å². The lowest BCUT2D eigenvalue weighted by Crippen LogP contribution is -2.47. The Kier molecular flexibility index (Phi) is 4.24. The Morgan fingerprint density at radius 3 is 2.70 bits per heavy atom. The van der Waals surface area contributed by atoms with E-state index >= 15 is 0 Å². The molecule has 7 heteroatoms. The van der Waals surface area contributed by atoms with Crippen molar-refractivity contribution in [3.8, 4) is 0 Å². The van der Waals surface area contributed by atoms with Gasteiger partial charge < -0.3 is 14.5 Å². The largest absolute Gasteiger partial charge is 0.447 e. The summed E-state index contributed by atoms with van der Waals surface area (Å²) in [6, 6.07) is 3.18. The Bertz CT molecular complexity index is 567. The lowest BCUT2D eigenvalue weighted by atomic mass is 9.95. The second kappa shape index (κ2) is 5.48. The molecule has 114 valence electrons. The molecule has 1 aromatic heterocycles. The predicted molar refractivity (Wildman–Crippen MR) is 74.9 cm³/mol. The van der Waals surface area contributed by atoms with Crippen molar-refractivity contribution < 1.29 is 17.6 Å². The van der Waals surface area contributed by atoms with Crippen LogP contribution in [0.1, 0.15) is 26.0 Å².